The summed E-state index contributed by atoms with van der Waals surface area (Å²) < 4.78 is 10.9. The van der Waals surface area contributed by atoms with Gasteiger partial charge in [0.05, 0.1) is 12.7 Å². The van der Waals surface area contributed by atoms with Gasteiger partial charge in [0, 0.05) is 17.4 Å². The van der Waals surface area contributed by atoms with Crippen LogP contribution in [-0.2, 0) is 14.3 Å². The van der Waals surface area contributed by atoms with Crippen molar-refractivity contribution in [3.05, 3.63) is 71.8 Å². The first-order chi connectivity index (χ1) is 18.1. The third-order valence-corrected chi connectivity index (χ3v) is 7.65. The number of hydrogen-bond acceptors (Lipinski definition) is 4. The van der Waals surface area contributed by atoms with E-state index < -0.39 is 11.7 Å². The topological polar surface area (TPSA) is 55.8 Å². The zero-order valence-electron chi connectivity index (χ0n) is 23.8. The van der Waals surface area contributed by atoms with E-state index in [2.05, 4.69) is 37.0 Å². The molecule has 1 unspecified atom stereocenters. The Bertz CT molecular complexity index is 1040. The Kier molecular flexibility index (Phi) is 11.0. The summed E-state index contributed by atoms with van der Waals surface area (Å²) in [5.41, 5.74) is 2.00. The van der Waals surface area contributed by atoms with Crippen LogP contribution in [-0.4, -0.2) is 36.0 Å². The zero-order valence-corrected chi connectivity index (χ0v) is 23.8. The van der Waals surface area contributed by atoms with Gasteiger partial charge >= 0.3 is 5.97 Å². The molecule has 2 atom stereocenters. The molecule has 0 aliphatic heterocycles. The van der Waals surface area contributed by atoms with Crippen molar-refractivity contribution in [3.8, 4) is 11.8 Å². The third kappa shape index (κ3) is 9.93. The summed E-state index contributed by atoms with van der Waals surface area (Å²) in [5.74, 6) is 6.30. The van der Waals surface area contributed by atoms with Crippen LogP contribution in [0, 0.1) is 22.7 Å². The fourth-order valence-electron chi connectivity index (χ4n) is 5.41. The van der Waals surface area contributed by atoms with Crippen LogP contribution in [0.3, 0.4) is 0 Å². The van der Waals surface area contributed by atoms with E-state index in [1.54, 1.807) is 0 Å². The minimum Gasteiger partial charge on any atom is -0.458 e. The predicted octanol–water partition coefficient (Wildman–Crippen LogP) is 7.33. The summed E-state index contributed by atoms with van der Waals surface area (Å²) in [7, 11) is 0. The van der Waals surface area contributed by atoms with E-state index in [9.17, 15) is 9.90 Å². The van der Waals surface area contributed by atoms with Gasteiger partial charge in [-0.1, -0.05) is 85.8 Å². The lowest BCUT2D eigenvalue weighted by Gasteiger charge is -2.41. The molecular formula is C34H46O4. The van der Waals surface area contributed by atoms with Crippen molar-refractivity contribution in [2.75, 3.05) is 13.2 Å². The first kappa shape index (κ1) is 29.9. The number of aliphatic hydroxyl groups excluding tert-OH is 1. The summed E-state index contributed by atoms with van der Waals surface area (Å²) in [4.78, 5) is 11.9. The van der Waals surface area contributed by atoms with E-state index in [0.717, 1.165) is 44.1 Å². The molecule has 1 aromatic rings. The molecule has 1 aromatic carbocycles. The molecule has 4 heteroatoms. The number of aliphatic hydroxyl groups is 1. The van der Waals surface area contributed by atoms with Gasteiger partial charge in [0.1, 0.15) is 12.2 Å². The molecule has 0 radical (unpaired) electrons. The van der Waals surface area contributed by atoms with E-state index in [1.807, 2.05) is 63.3 Å². The van der Waals surface area contributed by atoms with Crippen molar-refractivity contribution in [2.45, 2.75) is 97.2 Å². The second-order valence-electron chi connectivity index (χ2n) is 12.2. The molecule has 3 rings (SSSR count). The summed E-state index contributed by atoms with van der Waals surface area (Å²) in [6.45, 7) is 8.20. The van der Waals surface area contributed by atoms with Crippen LogP contribution in [0.15, 0.2) is 66.3 Å². The van der Waals surface area contributed by atoms with Crippen LogP contribution in [0.4, 0.5) is 0 Å². The van der Waals surface area contributed by atoms with Crippen LogP contribution >= 0.6 is 0 Å². The molecule has 0 spiro atoms. The third-order valence-electron chi connectivity index (χ3n) is 7.65. The minimum atomic E-state index is -0.498. The van der Waals surface area contributed by atoms with Crippen LogP contribution in [0.5, 0.6) is 0 Å². The SMILES string of the molecule is CC(C)(C)OC(=O)COC/C=C1\CCCC[C@@]1(C)/C=C/C=C/C(O)CC1(CC#Cc2ccccc2)CCC1. The maximum atomic E-state index is 11.9. The Morgan fingerprint density at radius 3 is 2.55 bits per heavy atom. The molecule has 38 heavy (non-hydrogen) atoms. The zero-order chi connectivity index (χ0) is 27.5. The second-order valence-corrected chi connectivity index (χ2v) is 12.2. The van der Waals surface area contributed by atoms with E-state index in [1.165, 1.54) is 24.8 Å². The van der Waals surface area contributed by atoms with E-state index >= 15 is 0 Å². The number of carbonyl (C=O) groups excluding carboxylic acids is 1. The number of esters is 1. The van der Waals surface area contributed by atoms with Gasteiger partial charge in [0.25, 0.3) is 0 Å². The minimum absolute atomic E-state index is 0.0342. The molecule has 0 aromatic heterocycles. The largest absolute Gasteiger partial charge is 0.458 e. The highest BCUT2D eigenvalue weighted by molar-refractivity contribution is 5.71. The van der Waals surface area contributed by atoms with Crippen molar-refractivity contribution in [2.24, 2.45) is 10.8 Å². The average Bonchev–Trinajstić information content (AvgIpc) is 2.83. The molecule has 0 amide bonds. The highest BCUT2D eigenvalue weighted by Gasteiger charge is 2.37. The maximum Gasteiger partial charge on any atom is 0.332 e. The molecule has 0 heterocycles. The number of ether oxygens (including phenoxy) is 2. The Morgan fingerprint density at radius 2 is 1.87 bits per heavy atom. The Hall–Kier alpha value is -2.61. The van der Waals surface area contributed by atoms with Crippen molar-refractivity contribution < 1.29 is 19.4 Å². The van der Waals surface area contributed by atoms with Crippen LogP contribution in [0.2, 0.25) is 0 Å². The summed E-state index contributed by atoms with van der Waals surface area (Å²) >= 11 is 0. The molecule has 2 aliphatic rings. The highest BCUT2D eigenvalue weighted by atomic mass is 16.6. The summed E-state index contributed by atoms with van der Waals surface area (Å²) in [6, 6.07) is 10.1. The fourth-order valence-corrected chi connectivity index (χ4v) is 5.41. The maximum absolute atomic E-state index is 11.9. The normalized spacial score (nSPS) is 23.1. The number of carbonyl (C=O) groups is 1. The van der Waals surface area contributed by atoms with E-state index in [4.69, 9.17) is 9.47 Å². The van der Waals surface area contributed by atoms with Crippen molar-refractivity contribution in [3.63, 3.8) is 0 Å². The van der Waals surface area contributed by atoms with Gasteiger partial charge in [-0.05, 0) is 76.8 Å². The van der Waals surface area contributed by atoms with Crippen molar-refractivity contribution in [1.29, 1.82) is 0 Å². The standard InChI is InChI=1S/C34H46O4/c1-32(2,3)38-31(36)27-37-25-19-29-17-8-10-20-33(29,4)21-11-9-18-30(35)26-34(23-13-24-34)22-12-16-28-14-6-5-7-15-28/h5-7,9,11,14-15,18-19,21,30,35H,8,10,13,17,20,22-27H2,1-4H3/b18-9+,21-11+,29-19+/t30?,33-/m0/s1. The molecule has 206 valence electrons. The first-order valence-corrected chi connectivity index (χ1v) is 14.2. The molecule has 2 saturated carbocycles. The molecule has 2 aliphatic carbocycles. The Balaban J connectivity index is 1.49. The quantitative estimate of drug-likeness (QED) is 0.116. The summed E-state index contributed by atoms with van der Waals surface area (Å²) in [6.07, 6.45) is 19.5. The van der Waals surface area contributed by atoms with Crippen molar-refractivity contribution >= 4 is 5.97 Å². The van der Waals surface area contributed by atoms with Crippen molar-refractivity contribution in [1.82, 2.24) is 0 Å². The Labute approximate surface area is 230 Å². The molecule has 1 N–H and O–H groups in total. The molecule has 4 nitrogen and oxygen atoms in total. The van der Waals surface area contributed by atoms with Crippen LogP contribution < -0.4 is 0 Å². The highest BCUT2D eigenvalue weighted by Crippen LogP contribution is 2.47. The average molecular weight is 519 g/mol. The smallest absolute Gasteiger partial charge is 0.332 e. The molecular weight excluding hydrogens is 472 g/mol. The summed E-state index contributed by atoms with van der Waals surface area (Å²) in [5, 5.41) is 10.7. The van der Waals surface area contributed by atoms with Crippen LogP contribution in [0.1, 0.15) is 91.0 Å². The monoisotopic (exact) mass is 518 g/mol. The fraction of sp³-hybridized carbons (Fsp3) is 0.559. The predicted molar refractivity (Wildman–Crippen MR) is 154 cm³/mol. The molecule has 0 saturated heterocycles. The van der Waals surface area contributed by atoms with Gasteiger partial charge < -0.3 is 14.6 Å². The number of benzene rings is 1. The molecule has 0 bridgehead atoms. The molecule has 2 fully saturated rings. The van der Waals surface area contributed by atoms with Gasteiger partial charge in [-0.15, -0.1) is 0 Å². The lowest BCUT2D eigenvalue weighted by Crippen LogP contribution is -2.32. The Morgan fingerprint density at radius 1 is 1.11 bits per heavy atom. The van der Waals surface area contributed by atoms with Gasteiger partial charge in [-0.25, -0.2) is 4.79 Å². The number of hydrogen-bond donors (Lipinski definition) is 1. The lowest BCUT2D eigenvalue weighted by molar-refractivity contribution is -0.159. The number of rotatable bonds is 10. The van der Waals surface area contributed by atoms with E-state index in [-0.39, 0.29) is 23.4 Å². The lowest BCUT2D eigenvalue weighted by atomic mass is 9.64. The van der Waals surface area contributed by atoms with E-state index in [0.29, 0.717) is 6.61 Å². The number of allylic oxidation sites excluding steroid dienone is 4. The van der Waals surface area contributed by atoms with Gasteiger partial charge in [-0.3, -0.25) is 0 Å². The first-order valence-electron chi connectivity index (χ1n) is 14.2. The second kappa shape index (κ2) is 14.0. The van der Waals surface area contributed by atoms with Gasteiger partial charge in [0.15, 0.2) is 0 Å². The van der Waals surface area contributed by atoms with Gasteiger partial charge in [-0.2, -0.15) is 0 Å². The van der Waals surface area contributed by atoms with Crippen LogP contribution in [0.25, 0.3) is 0 Å². The van der Waals surface area contributed by atoms with Gasteiger partial charge in [0.2, 0.25) is 0 Å².